The van der Waals surface area contributed by atoms with E-state index in [1.54, 1.807) is 31.2 Å². The van der Waals surface area contributed by atoms with Crippen LogP contribution in [0.1, 0.15) is 25.0 Å². The molecular weight excluding hydrogens is 261 g/mol. The van der Waals surface area contributed by atoms with Gasteiger partial charge in [0, 0.05) is 6.42 Å². The van der Waals surface area contributed by atoms with Gasteiger partial charge >= 0.3 is 6.18 Å². The van der Waals surface area contributed by atoms with Crippen LogP contribution in [0.3, 0.4) is 0 Å². The van der Waals surface area contributed by atoms with E-state index < -0.39 is 18.9 Å². The third-order valence-electron chi connectivity index (χ3n) is 2.33. The summed E-state index contributed by atoms with van der Waals surface area (Å²) in [5.74, 6) is 0.611. The molecule has 0 bridgehead atoms. The molecule has 0 fully saturated rings. The summed E-state index contributed by atoms with van der Waals surface area (Å²) in [5, 5.41) is 9.30. The van der Waals surface area contributed by atoms with E-state index in [9.17, 15) is 18.3 Å². The van der Waals surface area contributed by atoms with Crippen LogP contribution in [-0.4, -0.2) is 31.1 Å². The predicted octanol–water partition coefficient (Wildman–Crippen LogP) is 3.09. The van der Waals surface area contributed by atoms with Crippen molar-refractivity contribution in [1.29, 1.82) is 0 Å². The lowest BCUT2D eigenvalue weighted by molar-refractivity contribution is -0.174. The van der Waals surface area contributed by atoms with E-state index >= 15 is 0 Å². The van der Waals surface area contributed by atoms with Gasteiger partial charge in [-0.15, -0.1) is 0 Å². The van der Waals surface area contributed by atoms with Gasteiger partial charge in [-0.2, -0.15) is 13.2 Å². The number of hydrogen-bond acceptors (Lipinski definition) is 3. The summed E-state index contributed by atoms with van der Waals surface area (Å²) in [4.78, 5) is 0. The molecule has 0 aromatic heterocycles. The van der Waals surface area contributed by atoms with Crippen LogP contribution in [-0.2, 0) is 4.74 Å². The molecule has 0 spiro atoms. The van der Waals surface area contributed by atoms with Gasteiger partial charge in [-0.25, -0.2) is 0 Å². The number of benzene rings is 1. The molecule has 0 heterocycles. The lowest BCUT2D eigenvalue weighted by Gasteiger charge is -2.09. The molecule has 1 aromatic carbocycles. The third kappa shape index (κ3) is 7.03. The van der Waals surface area contributed by atoms with Crippen molar-refractivity contribution < 1.29 is 27.8 Å². The highest BCUT2D eigenvalue weighted by Gasteiger charge is 2.27. The smallest absolute Gasteiger partial charge is 0.411 e. The molecule has 108 valence electrons. The number of aliphatic hydroxyl groups is 1. The van der Waals surface area contributed by atoms with Crippen molar-refractivity contribution in [3.63, 3.8) is 0 Å². The monoisotopic (exact) mass is 278 g/mol. The van der Waals surface area contributed by atoms with Crippen LogP contribution in [0, 0.1) is 0 Å². The molecule has 1 N–H and O–H groups in total. The Bertz CT molecular complexity index is 360. The van der Waals surface area contributed by atoms with Crippen molar-refractivity contribution in [2.75, 3.05) is 19.8 Å². The Morgan fingerprint density at radius 2 is 1.79 bits per heavy atom. The van der Waals surface area contributed by atoms with Crippen molar-refractivity contribution in [3.8, 4) is 5.75 Å². The summed E-state index contributed by atoms with van der Waals surface area (Å²) < 4.78 is 45.0. The summed E-state index contributed by atoms with van der Waals surface area (Å²) in [6, 6.07) is 6.89. The zero-order valence-electron chi connectivity index (χ0n) is 10.6. The third-order valence-corrected chi connectivity index (χ3v) is 2.33. The Labute approximate surface area is 110 Å². The van der Waals surface area contributed by atoms with Gasteiger partial charge in [0.15, 0.2) is 0 Å². The topological polar surface area (TPSA) is 38.7 Å². The molecule has 0 aliphatic carbocycles. The Balaban J connectivity index is 2.16. The number of aliphatic hydroxyl groups excluding tert-OH is 1. The summed E-state index contributed by atoms with van der Waals surface area (Å²) in [6.45, 7) is 0.723. The van der Waals surface area contributed by atoms with E-state index in [4.69, 9.17) is 4.74 Å². The molecule has 0 amide bonds. The summed E-state index contributed by atoms with van der Waals surface area (Å²) in [7, 11) is 0. The van der Waals surface area contributed by atoms with Crippen molar-refractivity contribution in [2.45, 2.75) is 25.6 Å². The average Bonchev–Trinajstić information content (AvgIpc) is 2.33. The van der Waals surface area contributed by atoms with Gasteiger partial charge in [0.2, 0.25) is 0 Å². The Hall–Kier alpha value is -1.27. The minimum atomic E-state index is -4.28. The molecule has 1 atom stereocenters. The molecule has 1 rings (SSSR count). The van der Waals surface area contributed by atoms with Gasteiger partial charge in [0.05, 0.1) is 19.3 Å². The molecular formula is C13H17F3O3. The molecule has 0 saturated carbocycles. The van der Waals surface area contributed by atoms with Crippen molar-refractivity contribution in [2.24, 2.45) is 0 Å². The minimum Gasteiger partial charge on any atom is -0.494 e. The normalized spacial score (nSPS) is 13.3. The fourth-order valence-electron chi connectivity index (χ4n) is 1.38. The SMILES string of the molecule is C[C@H](O)c1ccc(OCCCOCC(F)(F)F)cc1. The fourth-order valence-corrected chi connectivity index (χ4v) is 1.38. The van der Waals surface area contributed by atoms with E-state index in [2.05, 4.69) is 4.74 Å². The fraction of sp³-hybridized carbons (Fsp3) is 0.538. The number of rotatable bonds is 7. The highest BCUT2D eigenvalue weighted by molar-refractivity contribution is 5.28. The van der Waals surface area contributed by atoms with Crippen LogP contribution in [0.5, 0.6) is 5.75 Å². The largest absolute Gasteiger partial charge is 0.494 e. The average molecular weight is 278 g/mol. The second kappa shape index (κ2) is 7.35. The molecule has 0 aliphatic rings. The summed E-state index contributed by atoms with van der Waals surface area (Å²) >= 11 is 0. The van der Waals surface area contributed by atoms with Crippen LogP contribution in [0.2, 0.25) is 0 Å². The molecule has 0 saturated heterocycles. The van der Waals surface area contributed by atoms with Gasteiger partial charge in [0.1, 0.15) is 12.4 Å². The number of alkyl halides is 3. The second-order valence-electron chi connectivity index (χ2n) is 4.11. The molecule has 3 nitrogen and oxygen atoms in total. The first-order valence-electron chi connectivity index (χ1n) is 5.94. The first kappa shape index (κ1) is 15.8. The van der Waals surface area contributed by atoms with Crippen LogP contribution in [0.15, 0.2) is 24.3 Å². The minimum absolute atomic E-state index is 0.00523. The molecule has 0 unspecified atom stereocenters. The lowest BCUT2D eigenvalue weighted by Crippen LogP contribution is -2.18. The standard InChI is InChI=1S/C13H17F3O3/c1-10(17)11-3-5-12(6-4-11)19-8-2-7-18-9-13(14,15)16/h3-6,10,17H,2,7-9H2,1H3/t10-/m0/s1. The first-order chi connectivity index (χ1) is 8.88. The van der Waals surface area contributed by atoms with E-state index in [1.165, 1.54) is 0 Å². The Morgan fingerprint density at radius 3 is 2.32 bits per heavy atom. The molecule has 0 radical (unpaired) electrons. The van der Waals surface area contributed by atoms with Crippen LogP contribution in [0.4, 0.5) is 13.2 Å². The Kier molecular flexibility index (Phi) is 6.11. The zero-order valence-corrected chi connectivity index (χ0v) is 10.6. The van der Waals surface area contributed by atoms with Crippen LogP contribution in [0.25, 0.3) is 0 Å². The molecule has 0 aliphatic heterocycles. The van der Waals surface area contributed by atoms with Crippen molar-refractivity contribution >= 4 is 0 Å². The van der Waals surface area contributed by atoms with Gasteiger partial charge in [-0.1, -0.05) is 12.1 Å². The predicted molar refractivity (Wildman–Crippen MR) is 64.1 cm³/mol. The zero-order chi connectivity index (χ0) is 14.3. The summed E-state index contributed by atoms with van der Waals surface area (Å²) in [5.41, 5.74) is 0.779. The van der Waals surface area contributed by atoms with Crippen LogP contribution < -0.4 is 4.74 Å². The number of ether oxygens (including phenoxy) is 2. The van der Waals surface area contributed by atoms with E-state index in [-0.39, 0.29) is 13.2 Å². The van der Waals surface area contributed by atoms with Gasteiger partial charge in [-0.05, 0) is 24.6 Å². The van der Waals surface area contributed by atoms with Gasteiger partial charge in [-0.3, -0.25) is 0 Å². The highest BCUT2D eigenvalue weighted by atomic mass is 19.4. The lowest BCUT2D eigenvalue weighted by atomic mass is 10.1. The maximum atomic E-state index is 11.8. The molecule has 19 heavy (non-hydrogen) atoms. The maximum Gasteiger partial charge on any atom is 0.411 e. The van der Waals surface area contributed by atoms with Crippen molar-refractivity contribution in [1.82, 2.24) is 0 Å². The van der Waals surface area contributed by atoms with E-state index in [1.807, 2.05) is 0 Å². The molecule has 1 aromatic rings. The summed E-state index contributed by atoms with van der Waals surface area (Å²) in [6.07, 6.45) is -4.43. The molecule has 6 heteroatoms. The van der Waals surface area contributed by atoms with E-state index in [0.717, 1.165) is 5.56 Å². The Morgan fingerprint density at radius 1 is 1.16 bits per heavy atom. The van der Waals surface area contributed by atoms with E-state index in [0.29, 0.717) is 12.2 Å². The van der Waals surface area contributed by atoms with Crippen LogP contribution >= 0.6 is 0 Å². The first-order valence-corrected chi connectivity index (χ1v) is 5.94. The van der Waals surface area contributed by atoms with Gasteiger partial charge < -0.3 is 14.6 Å². The number of hydrogen-bond donors (Lipinski definition) is 1. The maximum absolute atomic E-state index is 11.8. The second-order valence-corrected chi connectivity index (χ2v) is 4.11. The van der Waals surface area contributed by atoms with Crippen molar-refractivity contribution in [3.05, 3.63) is 29.8 Å². The quantitative estimate of drug-likeness (QED) is 0.779. The number of halogens is 3. The van der Waals surface area contributed by atoms with Gasteiger partial charge in [0.25, 0.3) is 0 Å². The highest BCUT2D eigenvalue weighted by Crippen LogP contribution is 2.17.